The van der Waals surface area contributed by atoms with Crippen molar-refractivity contribution in [1.82, 2.24) is 9.97 Å². The predicted molar refractivity (Wildman–Crippen MR) is 96.1 cm³/mol. The van der Waals surface area contributed by atoms with Crippen molar-refractivity contribution in [1.29, 1.82) is 0 Å². The summed E-state index contributed by atoms with van der Waals surface area (Å²) in [5, 5.41) is 10.6. The van der Waals surface area contributed by atoms with E-state index < -0.39 is 10.8 Å². The Morgan fingerprint density at radius 3 is 2.21 bits per heavy atom. The van der Waals surface area contributed by atoms with Crippen LogP contribution < -0.4 is 10.6 Å². The van der Waals surface area contributed by atoms with Gasteiger partial charge in [0.25, 0.3) is 0 Å². The Hall–Kier alpha value is -1.80. The molecule has 0 spiro atoms. The molecule has 0 unspecified atom stereocenters. The largest absolute Gasteiger partial charge is 0.302 e. The average Bonchev–Trinajstić information content (AvgIpc) is 3.23. The van der Waals surface area contributed by atoms with Gasteiger partial charge in [0, 0.05) is 29.1 Å². The minimum atomic E-state index is -0.635. The Balaban J connectivity index is 1.76. The summed E-state index contributed by atoms with van der Waals surface area (Å²) in [5.41, 5.74) is -1.11. The van der Waals surface area contributed by atoms with Crippen molar-refractivity contribution in [2.45, 2.75) is 33.6 Å². The maximum atomic E-state index is 12.8. The number of carbonyl (C=O) groups is 2. The average molecular weight is 364 g/mol. The summed E-state index contributed by atoms with van der Waals surface area (Å²) in [7, 11) is 0. The molecule has 24 heavy (non-hydrogen) atoms. The van der Waals surface area contributed by atoms with Crippen molar-refractivity contribution in [2.75, 3.05) is 10.6 Å². The van der Waals surface area contributed by atoms with Crippen LogP contribution >= 0.6 is 22.7 Å². The lowest BCUT2D eigenvalue weighted by atomic mass is 9.65. The van der Waals surface area contributed by atoms with E-state index in [4.69, 9.17) is 0 Å². The van der Waals surface area contributed by atoms with Crippen molar-refractivity contribution in [2.24, 2.45) is 16.7 Å². The van der Waals surface area contributed by atoms with Gasteiger partial charge in [0.15, 0.2) is 10.3 Å². The normalized spacial score (nSPS) is 25.4. The van der Waals surface area contributed by atoms with E-state index in [0.717, 1.165) is 0 Å². The molecule has 0 bridgehead atoms. The number of amides is 2. The van der Waals surface area contributed by atoms with Gasteiger partial charge >= 0.3 is 0 Å². The van der Waals surface area contributed by atoms with E-state index >= 15 is 0 Å². The summed E-state index contributed by atoms with van der Waals surface area (Å²) in [4.78, 5) is 33.7. The molecule has 128 valence electrons. The van der Waals surface area contributed by atoms with Crippen molar-refractivity contribution >= 4 is 44.8 Å². The Morgan fingerprint density at radius 1 is 1.08 bits per heavy atom. The molecule has 2 aromatic rings. The van der Waals surface area contributed by atoms with Gasteiger partial charge in [0.1, 0.15) is 0 Å². The lowest BCUT2D eigenvalue weighted by molar-refractivity contribution is -0.133. The van der Waals surface area contributed by atoms with Crippen molar-refractivity contribution in [3.63, 3.8) is 0 Å². The Kier molecular flexibility index (Phi) is 4.44. The van der Waals surface area contributed by atoms with Crippen LogP contribution in [0.4, 0.5) is 10.3 Å². The molecular weight excluding hydrogens is 344 g/mol. The summed E-state index contributed by atoms with van der Waals surface area (Å²) in [6, 6.07) is 0. The fourth-order valence-corrected chi connectivity index (χ4v) is 4.42. The number of rotatable bonds is 4. The summed E-state index contributed by atoms with van der Waals surface area (Å²) in [6.45, 7) is 5.92. The van der Waals surface area contributed by atoms with Crippen LogP contribution in [0, 0.1) is 16.7 Å². The number of nitrogens with one attached hydrogen (secondary N) is 2. The van der Waals surface area contributed by atoms with E-state index in [2.05, 4.69) is 20.6 Å². The van der Waals surface area contributed by atoms with Crippen LogP contribution in [0.2, 0.25) is 0 Å². The molecule has 1 aliphatic rings. The molecule has 2 N–H and O–H groups in total. The number of anilines is 2. The highest BCUT2D eigenvalue weighted by Gasteiger charge is 2.58. The molecule has 3 rings (SSSR count). The predicted octanol–water partition coefficient (Wildman–Crippen LogP) is 3.62. The lowest BCUT2D eigenvalue weighted by Gasteiger charge is -2.39. The van der Waals surface area contributed by atoms with E-state index in [1.165, 1.54) is 22.7 Å². The summed E-state index contributed by atoms with van der Waals surface area (Å²) in [6.07, 6.45) is 4.65. The molecule has 0 saturated heterocycles. The van der Waals surface area contributed by atoms with E-state index in [0.29, 0.717) is 23.1 Å². The van der Waals surface area contributed by atoms with Crippen LogP contribution in [0.25, 0.3) is 0 Å². The van der Waals surface area contributed by atoms with Gasteiger partial charge in [-0.25, -0.2) is 9.97 Å². The number of thiazole rings is 2. The van der Waals surface area contributed by atoms with Gasteiger partial charge in [0.05, 0.1) is 5.41 Å². The Morgan fingerprint density at radius 2 is 1.67 bits per heavy atom. The maximum Gasteiger partial charge on any atom is 0.232 e. The fourth-order valence-electron chi connectivity index (χ4n) is 3.36. The van der Waals surface area contributed by atoms with E-state index in [-0.39, 0.29) is 17.7 Å². The molecule has 6 nitrogen and oxygen atoms in total. The van der Waals surface area contributed by atoms with E-state index in [1.54, 1.807) is 12.4 Å². The monoisotopic (exact) mass is 364 g/mol. The van der Waals surface area contributed by atoms with Crippen LogP contribution in [0.15, 0.2) is 23.2 Å². The first-order valence-corrected chi connectivity index (χ1v) is 9.52. The molecule has 1 saturated carbocycles. The summed E-state index contributed by atoms with van der Waals surface area (Å²) < 4.78 is 0. The van der Waals surface area contributed by atoms with Crippen LogP contribution in [0.1, 0.15) is 33.6 Å². The molecule has 1 fully saturated rings. The van der Waals surface area contributed by atoms with E-state index in [1.807, 2.05) is 31.5 Å². The lowest BCUT2D eigenvalue weighted by Crippen LogP contribution is -2.46. The second-order valence-electron chi connectivity index (χ2n) is 6.76. The molecule has 0 aromatic carbocycles. The first-order chi connectivity index (χ1) is 11.3. The van der Waals surface area contributed by atoms with Crippen molar-refractivity contribution in [3.8, 4) is 0 Å². The van der Waals surface area contributed by atoms with Gasteiger partial charge in [-0.1, -0.05) is 20.8 Å². The SMILES string of the molecule is CC1(C)[C@H](C(=O)Nc2nccs2)CC[C@]1(C)C(=O)Nc1nccs1. The molecule has 8 heteroatoms. The molecule has 2 atom stereocenters. The van der Waals surface area contributed by atoms with Crippen molar-refractivity contribution < 1.29 is 9.59 Å². The maximum absolute atomic E-state index is 12.8. The zero-order valence-electron chi connectivity index (χ0n) is 13.8. The zero-order valence-corrected chi connectivity index (χ0v) is 15.5. The minimum Gasteiger partial charge on any atom is -0.302 e. The first kappa shape index (κ1) is 17.0. The van der Waals surface area contributed by atoms with Crippen LogP contribution in [-0.4, -0.2) is 21.8 Å². The topological polar surface area (TPSA) is 84.0 Å². The quantitative estimate of drug-likeness (QED) is 0.868. The number of hydrogen-bond donors (Lipinski definition) is 2. The highest BCUT2D eigenvalue weighted by Crippen LogP contribution is 2.56. The van der Waals surface area contributed by atoms with Gasteiger partial charge in [-0.3, -0.25) is 9.59 Å². The van der Waals surface area contributed by atoms with Crippen LogP contribution in [-0.2, 0) is 9.59 Å². The third-order valence-electron chi connectivity index (χ3n) is 5.36. The second-order valence-corrected chi connectivity index (χ2v) is 8.55. The number of nitrogens with zero attached hydrogens (tertiary/aromatic N) is 2. The van der Waals surface area contributed by atoms with Gasteiger partial charge < -0.3 is 10.6 Å². The third kappa shape index (κ3) is 2.84. The zero-order chi connectivity index (χ0) is 17.4. The number of hydrogen-bond acceptors (Lipinski definition) is 6. The first-order valence-electron chi connectivity index (χ1n) is 7.76. The van der Waals surface area contributed by atoms with Gasteiger partial charge in [0.2, 0.25) is 11.8 Å². The number of aromatic nitrogens is 2. The molecular formula is C16H20N4O2S2. The third-order valence-corrected chi connectivity index (χ3v) is 6.74. The molecule has 2 aromatic heterocycles. The highest BCUT2D eigenvalue weighted by atomic mass is 32.1. The Bertz CT molecular complexity index is 727. The molecule has 0 radical (unpaired) electrons. The number of carbonyl (C=O) groups excluding carboxylic acids is 2. The second kappa shape index (κ2) is 6.25. The molecule has 2 amide bonds. The summed E-state index contributed by atoms with van der Waals surface area (Å²) >= 11 is 2.78. The van der Waals surface area contributed by atoms with Crippen LogP contribution in [0.3, 0.4) is 0 Å². The van der Waals surface area contributed by atoms with Gasteiger partial charge in [-0.05, 0) is 18.3 Å². The standard InChI is InChI=1S/C16H20N4O2S2/c1-15(2)10(11(21)19-13-17-6-8-23-13)4-5-16(15,3)12(22)20-14-18-7-9-24-14/h6-10H,4-5H2,1-3H3,(H,17,19,21)(H,18,20,22)/t10-,16+/m0/s1. The van der Waals surface area contributed by atoms with E-state index in [9.17, 15) is 9.59 Å². The molecule has 1 aliphatic carbocycles. The smallest absolute Gasteiger partial charge is 0.232 e. The highest BCUT2D eigenvalue weighted by molar-refractivity contribution is 7.14. The fraction of sp³-hybridized carbons (Fsp3) is 0.500. The van der Waals surface area contributed by atoms with Crippen molar-refractivity contribution in [3.05, 3.63) is 23.2 Å². The summed E-state index contributed by atoms with van der Waals surface area (Å²) in [5.74, 6) is -0.388. The van der Waals surface area contributed by atoms with Crippen LogP contribution in [0.5, 0.6) is 0 Å². The Labute approximate surface area is 148 Å². The molecule has 0 aliphatic heterocycles. The van der Waals surface area contributed by atoms with Gasteiger partial charge in [-0.2, -0.15) is 0 Å². The molecule has 2 heterocycles. The minimum absolute atomic E-state index is 0.0688. The van der Waals surface area contributed by atoms with Gasteiger partial charge in [-0.15, -0.1) is 22.7 Å².